The Morgan fingerprint density at radius 3 is 2.53 bits per heavy atom. The molecule has 0 aliphatic carbocycles. The summed E-state index contributed by atoms with van der Waals surface area (Å²) >= 11 is 5.60. The van der Waals surface area contributed by atoms with Gasteiger partial charge in [0.05, 0.1) is 6.61 Å². The number of hydrogen-bond acceptors (Lipinski definition) is 2. The highest BCUT2D eigenvalue weighted by Crippen LogP contribution is 2.15. The molecule has 0 saturated heterocycles. The molecule has 0 aromatic heterocycles. The van der Waals surface area contributed by atoms with Crippen molar-refractivity contribution in [2.75, 3.05) is 25.6 Å². The summed E-state index contributed by atoms with van der Waals surface area (Å²) in [6.07, 6.45) is -2.62. The van der Waals surface area contributed by atoms with Crippen LogP contribution < -0.4 is 5.32 Å². The second kappa shape index (κ2) is 8.19. The molecule has 6 heteroatoms. The molecule has 15 heavy (non-hydrogen) atoms. The summed E-state index contributed by atoms with van der Waals surface area (Å²) in [5.41, 5.74) is 0. The zero-order valence-corrected chi connectivity index (χ0v) is 9.50. The van der Waals surface area contributed by atoms with Crippen LogP contribution in [0.2, 0.25) is 0 Å². The highest BCUT2D eigenvalue weighted by molar-refractivity contribution is 6.18. The van der Waals surface area contributed by atoms with E-state index in [1.54, 1.807) is 0 Å². The molecule has 1 N–H and O–H groups in total. The number of alkyl halides is 4. The van der Waals surface area contributed by atoms with Gasteiger partial charge in [-0.2, -0.15) is 0 Å². The van der Waals surface area contributed by atoms with Gasteiger partial charge in [0.25, 0.3) is 0 Å². The Balaban J connectivity index is 3.12. The number of hydrogen-bond donors (Lipinski definition) is 1. The van der Waals surface area contributed by atoms with Crippen molar-refractivity contribution in [3.05, 3.63) is 0 Å². The van der Waals surface area contributed by atoms with Gasteiger partial charge in [-0.05, 0) is 25.3 Å². The first-order chi connectivity index (χ1) is 6.95. The van der Waals surface area contributed by atoms with Crippen LogP contribution in [-0.2, 0) is 4.74 Å². The van der Waals surface area contributed by atoms with E-state index in [9.17, 15) is 13.2 Å². The summed E-state index contributed by atoms with van der Waals surface area (Å²) in [5.74, 6) is 1.08. The monoisotopic (exact) mass is 247 g/mol. The molecule has 2 nitrogen and oxygen atoms in total. The normalized spacial score (nSPS) is 14.2. The Hall–Kier alpha value is -0.0000000000000000555. The van der Waals surface area contributed by atoms with E-state index in [4.69, 9.17) is 11.6 Å². The van der Waals surface area contributed by atoms with Crippen molar-refractivity contribution >= 4 is 11.6 Å². The molecule has 0 aromatic rings. The molecule has 0 rings (SSSR count). The van der Waals surface area contributed by atoms with Crippen LogP contribution in [0.15, 0.2) is 0 Å². The maximum atomic E-state index is 11.5. The standard InChI is InChI=1S/C9H17ClF3NO/c1-8(7-10)3-2-4-14-5-6-15-9(11,12)13/h8,14H,2-7H2,1H3. The smallest absolute Gasteiger partial charge is 0.314 e. The molecular formula is C9H17ClF3NO. The van der Waals surface area contributed by atoms with Crippen molar-refractivity contribution in [1.29, 1.82) is 0 Å². The molecule has 0 saturated carbocycles. The average Bonchev–Trinajstić information content (AvgIpc) is 2.14. The van der Waals surface area contributed by atoms with Crippen LogP contribution in [0, 0.1) is 5.92 Å². The third-order valence-electron chi connectivity index (χ3n) is 1.86. The molecule has 0 aromatic carbocycles. The van der Waals surface area contributed by atoms with Crippen molar-refractivity contribution < 1.29 is 17.9 Å². The van der Waals surface area contributed by atoms with Crippen molar-refractivity contribution in [3.63, 3.8) is 0 Å². The summed E-state index contributed by atoms with van der Waals surface area (Å²) in [5, 5.41) is 2.87. The minimum Gasteiger partial charge on any atom is -0.314 e. The predicted octanol–water partition coefficient (Wildman–Crippen LogP) is 2.77. The van der Waals surface area contributed by atoms with Gasteiger partial charge in [0, 0.05) is 12.4 Å². The van der Waals surface area contributed by atoms with Gasteiger partial charge in [-0.3, -0.25) is 4.74 Å². The molecule has 0 heterocycles. The summed E-state index contributed by atoms with van der Waals surface area (Å²) in [4.78, 5) is 0. The van der Waals surface area contributed by atoms with E-state index >= 15 is 0 Å². The number of halogens is 4. The topological polar surface area (TPSA) is 21.3 Å². The van der Waals surface area contributed by atoms with Gasteiger partial charge in [-0.15, -0.1) is 24.8 Å². The molecule has 0 bridgehead atoms. The van der Waals surface area contributed by atoms with Crippen LogP contribution in [-0.4, -0.2) is 31.9 Å². The molecule has 0 aliphatic heterocycles. The maximum Gasteiger partial charge on any atom is 0.522 e. The number of nitrogens with one attached hydrogen (secondary N) is 1. The first-order valence-electron chi connectivity index (χ1n) is 4.93. The van der Waals surface area contributed by atoms with Crippen LogP contribution in [0.5, 0.6) is 0 Å². The van der Waals surface area contributed by atoms with Crippen molar-refractivity contribution in [2.45, 2.75) is 26.1 Å². The Bertz CT molecular complexity index is 155. The van der Waals surface area contributed by atoms with Crippen LogP contribution in [0.25, 0.3) is 0 Å². The molecule has 0 amide bonds. The lowest BCUT2D eigenvalue weighted by Crippen LogP contribution is -2.25. The summed E-state index contributed by atoms with van der Waals surface area (Å²) in [6, 6.07) is 0. The Kier molecular flexibility index (Phi) is 8.19. The SMILES string of the molecule is CC(CCl)CCCNCCOC(F)(F)F. The number of rotatable bonds is 8. The van der Waals surface area contributed by atoms with Gasteiger partial charge in [0.2, 0.25) is 0 Å². The summed E-state index contributed by atoms with van der Waals surface area (Å²) in [7, 11) is 0. The van der Waals surface area contributed by atoms with E-state index < -0.39 is 6.36 Å². The van der Waals surface area contributed by atoms with E-state index in [2.05, 4.69) is 10.1 Å². The van der Waals surface area contributed by atoms with Crippen LogP contribution in [0.4, 0.5) is 13.2 Å². The summed E-state index contributed by atoms with van der Waals surface area (Å²) in [6.45, 7) is 2.62. The predicted molar refractivity (Wildman–Crippen MR) is 54.0 cm³/mol. The molecule has 1 unspecified atom stereocenters. The van der Waals surface area contributed by atoms with E-state index in [0.717, 1.165) is 12.8 Å². The van der Waals surface area contributed by atoms with Gasteiger partial charge in [-0.1, -0.05) is 6.92 Å². The largest absolute Gasteiger partial charge is 0.522 e. The quantitative estimate of drug-likeness (QED) is 0.526. The van der Waals surface area contributed by atoms with E-state index in [1.807, 2.05) is 6.92 Å². The summed E-state index contributed by atoms with van der Waals surface area (Å²) < 4.78 is 38.1. The van der Waals surface area contributed by atoms with Gasteiger partial charge in [-0.25, -0.2) is 0 Å². The second-order valence-electron chi connectivity index (χ2n) is 3.45. The fourth-order valence-corrected chi connectivity index (χ4v) is 1.17. The zero-order valence-electron chi connectivity index (χ0n) is 8.74. The Morgan fingerprint density at radius 2 is 2.00 bits per heavy atom. The average molecular weight is 248 g/mol. The molecule has 0 spiro atoms. The van der Waals surface area contributed by atoms with Crippen LogP contribution in [0.1, 0.15) is 19.8 Å². The third-order valence-corrected chi connectivity index (χ3v) is 2.39. The zero-order chi connectivity index (χ0) is 11.7. The Morgan fingerprint density at radius 1 is 1.33 bits per heavy atom. The fourth-order valence-electron chi connectivity index (χ4n) is 1.02. The lowest BCUT2D eigenvalue weighted by Gasteiger charge is -2.09. The first-order valence-corrected chi connectivity index (χ1v) is 5.46. The minimum atomic E-state index is -4.52. The van der Waals surface area contributed by atoms with Crippen LogP contribution in [0.3, 0.4) is 0 Å². The van der Waals surface area contributed by atoms with Gasteiger partial charge >= 0.3 is 6.36 Å². The fraction of sp³-hybridized carbons (Fsp3) is 1.00. The Labute approximate surface area is 93.1 Å². The van der Waals surface area contributed by atoms with Crippen molar-refractivity contribution in [2.24, 2.45) is 5.92 Å². The molecule has 0 radical (unpaired) electrons. The van der Waals surface area contributed by atoms with E-state index in [0.29, 0.717) is 18.3 Å². The van der Waals surface area contributed by atoms with Gasteiger partial charge < -0.3 is 5.32 Å². The third kappa shape index (κ3) is 11.9. The lowest BCUT2D eigenvalue weighted by atomic mass is 10.1. The number of ether oxygens (including phenoxy) is 1. The van der Waals surface area contributed by atoms with Crippen molar-refractivity contribution in [1.82, 2.24) is 5.32 Å². The van der Waals surface area contributed by atoms with E-state index in [-0.39, 0.29) is 13.2 Å². The maximum absolute atomic E-state index is 11.5. The minimum absolute atomic E-state index is 0.217. The van der Waals surface area contributed by atoms with Crippen molar-refractivity contribution in [3.8, 4) is 0 Å². The second-order valence-corrected chi connectivity index (χ2v) is 3.75. The highest BCUT2D eigenvalue weighted by Gasteiger charge is 2.28. The van der Waals surface area contributed by atoms with Gasteiger partial charge in [0.15, 0.2) is 0 Å². The molecular weight excluding hydrogens is 231 g/mol. The van der Waals surface area contributed by atoms with Crippen LogP contribution >= 0.6 is 11.6 Å². The highest BCUT2D eigenvalue weighted by atomic mass is 35.5. The van der Waals surface area contributed by atoms with E-state index in [1.165, 1.54) is 0 Å². The molecule has 1 atom stereocenters. The lowest BCUT2D eigenvalue weighted by molar-refractivity contribution is -0.323. The first kappa shape index (κ1) is 15.0. The van der Waals surface area contributed by atoms with Gasteiger partial charge in [0.1, 0.15) is 0 Å². The molecule has 0 aliphatic rings. The molecule has 0 fully saturated rings. The molecule has 92 valence electrons.